The lowest BCUT2D eigenvalue weighted by atomic mass is 9.84. The van der Waals surface area contributed by atoms with E-state index in [0.717, 1.165) is 54.1 Å². The van der Waals surface area contributed by atoms with E-state index in [1.165, 1.54) is 20.5 Å². The number of nitrogens with zero attached hydrogens (tertiary/aromatic N) is 1. The van der Waals surface area contributed by atoms with Gasteiger partial charge in [-0.25, -0.2) is 0 Å². The van der Waals surface area contributed by atoms with Crippen molar-refractivity contribution in [2.45, 2.75) is 63.9 Å². The van der Waals surface area contributed by atoms with Crippen LogP contribution in [0, 0.1) is 5.92 Å². The number of benzene rings is 2. The van der Waals surface area contributed by atoms with Crippen molar-refractivity contribution in [3.8, 4) is 23.0 Å². The zero-order valence-corrected chi connectivity index (χ0v) is 22.5. The Labute approximate surface area is 221 Å². The number of carbonyl (C=O) groups excluding carboxylic acids is 1. The van der Waals surface area contributed by atoms with Crippen LogP contribution in [-0.4, -0.2) is 58.9 Å². The summed E-state index contributed by atoms with van der Waals surface area (Å²) in [4.78, 5) is 15.1. The lowest BCUT2D eigenvalue weighted by Crippen LogP contribution is -2.32. The molecule has 37 heavy (non-hydrogen) atoms. The molecule has 199 valence electrons. The van der Waals surface area contributed by atoms with E-state index in [4.69, 9.17) is 23.6 Å². The highest BCUT2D eigenvalue weighted by Crippen LogP contribution is 2.41. The third-order valence-corrected chi connectivity index (χ3v) is 7.36. The molecule has 1 saturated carbocycles. The van der Waals surface area contributed by atoms with Crippen LogP contribution in [0.2, 0.25) is 0 Å². The molecule has 2 aliphatic rings. The summed E-state index contributed by atoms with van der Waals surface area (Å²) >= 11 is 0. The Morgan fingerprint density at radius 3 is 2.41 bits per heavy atom. The molecule has 2 aromatic rings. The van der Waals surface area contributed by atoms with Gasteiger partial charge >= 0.3 is 7.62 Å². The fourth-order valence-electron chi connectivity index (χ4n) is 5.34. The van der Waals surface area contributed by atoms with Crippen molar-refractivity contribution >= 4 is 13.5 Å². The molecule has 2 unspecified atom stereocenters. The van der Waals surface area contributed by atoms with Crippen molar-refractivity contribution in [2.75, 3.05) is 34.5 Å². The van der Waals surface area contributed by atoms with Gasteiger partial charge in [-0.05, 0) is 73.9 Å². The summed E-state index contributed by atoms with van der Waals surface area (Å²) in [7, 11) is 6.39. The van der Waals surface area contributed by atoms with Crippen LogP contribution >= 0.6 is 0 Å². The summed E-state index contributed by atoms with van der Waals surface area (Å²) in [5.74, 6) is 2.66. The number of methoxy groups -OCH3 is 2. The van der Waals surface area contributed by atoms with Gasteiger partial charge in [0.2, 0.25) is 5.91 Å². The fraction of sp³-hybridized carbons (Fsp3) is 0.552. The van der Waals surface area contributed by atoms with E-state index >= 15 is 0 Å². The lowest BCUT2D eigenvalue weighted by Gasteiger charge is -2.21. The van der Waals surface area contributed by atoms with Crippen molar-refractivity contribution in [3.05, 3.63) is 47.5 Å². The van der Waals surface area contributed by atoms with Crippen LogP contribution in [0.1, 0.15) is 62.5 Å². The molecule has 2 fully saturated rings. The molecule has 1 aliphatic carbocycles. The average Bonchev–Trinajstić information content (AvgIpc) is 3.53. The number of hydrogen-bond donors (Lipinski definition) is 0. The normalized spacial score (nSPS) is 19.8. The third-order valence-electron chi connectivity index (χ3n) is 7.36. The monoisotopic (exact) mass is 508 g/mol. The summed E-state index contributed by atoms with van der Waals surface area (Å²) in [5, 5.41) is 0. The minimum atomic E-state index is -0.254. The smallest absolute Gasteiger partial charge is 0.441 e. The van der Waals surface area contributed by atoms with Crippen LogP contribution in [0.15, 0.2) is 36.4 Å². The number of carbonyl (C=O) groups is 1. The summed E-state index contributed by atoms with van der Waals surface area (Å²) in [5.41, 5.74) is 2.09. The van der Waals surface area contributed by atoms with Crippen LogP contribution in [0.5, 0.6) is 23.0 Å². The highest BCUT2D eigenvalue weighted by atomic mass is 16.5. The molecule has 0 spiro atoms. The topological polar surface area (TPSA) is 66.5 Å². The van der Waals surface area contributed by atoms with Gasteiger partial charge in [0, 0.05) is 25.5 Å². The molecular formula is C29H39BNO6. The summed E-state index contributed by atoms with van der Waals surface area (Å²) in [6.45, 7) is 3.33. The maximum atomic E-state index is 13.5. The first-order valence-electron chi connectivity index (χ1n) is 13.4. The zero-order chi connectivity index (χ0) is 26.2. The van der Waals surface area contributed by atoms with Gasteiger partial charge in [0.1, 0.15) is 0 Å². The molecule has 0 bridgehead atoms. The predicted octanol–water partition coefficient (Wildman–Crippen LogP) is 5.17. The molecule has 0 aromatic heterocycles. The molecule has 7 nitrogen and oxygen atoms in total. The van der Waals surface area contributed by atoms with Crippen LogP contribution < -0.4 is 18.9 Å². The first-order chi connectivity index (χ1) is 18.1. The van der Waals surface area contributed by atoms with Gasteiger partial charge in [-0.2, -0.15) is 0 Å². The SMILES string of the molecule is CCCCOc1ccc(CC2C(=O)N([B]OC)CC2c2ccc(OC)c(OC3CCCC3)c2)cc1OC. The molecule has 2 atom stereocenters. The van der Waals surface area contributed by atoms with E-state index in [1.54, 1.807) is 26.1 Å². The molecular weight excluding hydrogens is 469 g/mol. The largest absolute Gasteiger partial charge is 0.493 e. The van der Waals surface area contributed by atoms with E-state index in [9.17, 15) is 4.79 Å². The summed E-state index contributed by atoms with van der Waals surface area (Å²) in [6, 6.07) is 12.0. The summed E-state index contributed by atoms with van der Waals surface area (Å²) in [6.07, 6.45) is 7.37. The Morgan fingerprint density at radius 1 is 0.946 bits per heavy atom. The molecule has 1 heterocycles. The van der Waals surface area contributed by atoms with Gasteiger partial charge in [-0.1, -0.05) is 25.5 Å². The second-order valence-electron chi connectivity index (χ2n) is 9.87. The van der Waals surface area contributed by atoms with Gasteiger partial charge < -0.3 is 28.4 Å². The van der Waals surface area contributed by atoms with E-state index in [0.29, 0.717) is 25.3 Å². The average molecular weight is 508 g/mol. The number of hydrogen-bond acceptors (Lipinski definition) is 6. The molecule has 8 heteroatoms. The van der Waals surface area contributed by atoms with Crippen molar-refractivity contribution < 1.29 is 28.4 Å². The molecule has 4 rings (SSSR count). The maximum Gasteiger partial charge on any atom is 0.441 e. The number of rotatable bonds is 13. The first kappa shape index (κ1) is 27.2. The minimum Gasteiger partial charge on any atom is -0.493 e. The Kier molecular flexibility index (Phi) is 9.61. The van der Waals surface area contributed by atoms with Gasteiger partial charge in [0.15, 0.2) is 23.0 Å². The van der Waals surface area contributed by atoms with Crippen molar-refractivity contribution in [1.82, 2.24) is 4.81 Å². The fourth-order valence-corrected chi connectivity index (χ4v) is 5.34. The predicted molar refractivity (Wildman–Crippen MR) is 144 cm³/mol. The Balaban J connectivity index is 1.59. The van der Waals surface area contributed by atoms with Crippen molar-refractivity contribution in [2.24, 2.45) is 5.92 Å². The maximum absolute atomic E-state index is 13.5. The molecule has 1 radical (unpaired) electrons. The van der Waals surface area contributed by atoms with E-state index in [-0.39, 0.29) is 23.8 Å². The second kappa shape index (κ2) is 13.1. The van der Waals surface area contributed by atoms with Crippen LogP contribution in [0.4, 0.5) is 0 Å². The number of ether oxygens (including phenoxy) is 4. The second-order valence-corrected chi connectivity index (χ2v) is 9.87. The van der Waals surface area contributed by atoms with Gasteiger partial charge in [-0.15, -0.1) is 0 Å². The number of amides is 1. The Bertz CT molecular complexity index is 1040. The van der Waals surface area contributed by atoms with Gasteiger partial charge in [-0.3, -0.25) is 4.79 Å². The minimum absolute atomic E-state index is 0.0257. The van der Waals surface area contributed by atoms with Crippen LogP contribution in [0.3, 0.4) is 0 Å². The van der Waals surface area contributed by atoms with E-state index < -0.39 is 0 Å². The highest BCUT2D eigenvalue weighted by Gasteiger charge is 2.41. The molecule has 1 aliphatic heterocycles. The highest BCUT2D eigenvalue weighted by molar-refractivity contribution is 6.30. The Hall–Kier alpha value is -2.87. The van der Waals surface area contributed by atoms with E-state index in [1.807, 2.05) is 30.3 Å². The van der Waals surface area contributed by atoms with Gasteiger partial charge in [0.25, 0.3) is 0 Å². The van der Waals surface area contributed by atoms with Crippen molar-refractivity contribution in [3.63, 3.8) is 0 Å². The molecule has 0 N–H and O–H groups in total. The van der Waals surface area contributed by atoms with E-state index in [2.05, 4.69) is 13.0 Å². The quantitative estimate of drug-likeness (QED) is 0.275. The molecule has 1 amide bonds. The Morgan fingerprint density at radius 2 is 1.70 bits per heavy atom. The lowest BCUT2D eigenvalue weighted by molar-refractivity contribution is -0.127. The zero-order valence-electron chi connectivity index (χ0n) is 22.5. The standard InChI is InChI=1S/C29H39BNO6/c1-5-6-15-36-26-13-11-20(17-27(26)34-3)16-23-24(19-31(29(23)32)30-35-4)21-12-14-25(33-2)28(18-21)37-22-9-7-8-10-22/h11-14,17-18,22-24H,5-10,15-16,19H2,1-4H3. The third kappa shape index (κ3) is 6.53. The molecule has 2 aromatic carbocycles. The first-order valence-corrected chi connectivity index (χ1v) is 13.4. The van der Waals surface area contributed by atoms with Crippen molar-refractivity contribution in [1.29, 1.82) is 0 Å². The summed E-state index contributed by atoms with van der Waals surface area (Å²) < 4.78 is 28.7. The molecule has 1 saturated heterocycles. The van der Waals surface area contributed by atoms with Crippen LogP contribution in [0.25, 0.3) is 0 Å². The van der Waals surface area contributed by atoms with Gasteiger partial charge in [0.05, 0.1) is 26.9 Å². The van der Waals surface area contributed by atoms with Crippen LogP contribution in [-0.2, 0) is 15.9 Å². The number of unbranched alkanes of at least 4 members (excludes halogenated alkanes) is 1.